The summed E-state index contributed by atoms with van der Waals surface area (Å²) < 4.78 is 27.2. The smallest absolute Gasteiger partial charge is 0.142 e. The van der Waals surface area contributed by atoms with Crippen LogP contribution in [0.5, 0.6) is 0 Å². The highest BCUT2D eigenvalue weighted by Gasteiger charge is 2.21. The maximum atomic E-state index is 13.8. The first-order chi connectivity index (χ1) is 8.01. The van der Waals surface area contributed by atoms with Crippen molar-refractivity contribution in [1.82, 2.24) is 5.32 Å². The summed E-state index contributed by atoms with van der Waals surface area (Å²) in [5.41, 5.74) is 0.343. The topological polar surface area (TPSA) is 12.0 Å². The van der Waals surface area contributed by atoms with Gasteiger partial charge in [-0.25, -0.2) is 8.78 Å². The largest absolute Gasteiger partial charge is 0.313 e. The maximum absolute atomic E-state index is 13.8. The number of nitrogens with one attached hydrogen (secondary N) is 1. The van der Waals surface area contributed by atoms with Gasteiger partial charge in [-0.15, -0.1) is 0 Å². The van der Waals surface area contributed by atoms with Gasteiger partial charge in [0.2, 0.25) is 0 Å². The third-order valence-electron chi connectivity index (χ3n) is 3.00. The summed E-state index contributed by atoms with van der Waals surface area (Å²) in [7, 11) is 1.75. The minimum absolute atomic E-state index is 0.177. The first-order valence-electron chi connectivity index (χ1n) is 5.83. The lowest BCUT2D eigenvalue weighted by atomic mass is 9.91. The van der Waals surface area contributed by atoms with Crippen LogP contribution < -0.4 is 5.32 Å². The predicted molar refractivity (Wildman–Crippen MR) is 67.2 cm³/mol. The number of rotatable bonds is 5. The summed E-state index contributed by atoms with van der Waals surface area (Å²) in [4.78, 5) is 0. The fraction of sp³-hybridized carbons (Fsp3) is 0.538. The Morgan fingerprint density at radius 1 is 1.29 bits per heavy atom. The molecule has 0 saturated heterocycles. The second kappa shape index (κ2) is 6.31. The normalized spacial score (nSPS) is 14.7. The van der Waals surface area contributed by atoms with E-state index in [-0.39, 0.29) is 17.0 Å². The van der Waals surface area contributed by atoms with E-state index in [9.17, 15) is 8.78 Å². The first kappa shape index (κ1) is 14.4. The van der Waals surface area contributed by atoms with Crippen LogP contribution in [-0.4, -0.2) is 7.05 Å². The third-order valence-corrected chi connectivity index (χ3v) is 3.29. The van der Waals surface area contributed by atoms with E-state index in [1.54, 1.807) is 7.05 Å². The molecule has 0 heterocycles. The molecular weight excluding hydrogens is 244 g/mol. The van der Waals surface area contributed by atoms with Crippen molar-refractivity contribution < 1.29 is 8.78 Å². The average Bonchev–Trinajstić information content (AvgIpc) is 2.26. The van der Waals surface area contributed by atoms with E-state index >= 15 is 0 Å². The van der Waals surface area contributed by atoms with E-state index in [1.165, 1.54) is 6.07 Å². The number of hydrogen-bond acceptors (Lipinski definition) is 1. The standard InChI is InChI=1S/C13H18ClF2N/c1-4-5-8(2)13(17-3)9-6-12(16)10(14)7-11(9)15/h6-8,13,17H,4-5H2,1-3H3. The highest BCUT2D eigenvalue weighted by atomic mass is 35.5. The van der Waals surface area contributed by atoms with Crippen LogP contribution in [0.15, 0.2) is 12.1 Å². The zero-order valence-electron chi connectivity index (χ0n) is 10.4. The predicted octanol–water partition coefficient (Wildman–Crippen LogP) is 4.31. The Hall–Kier alpha value is -0.670. The Morgan fingerprint density at radius 3 is 2.47 bits per heavy atom. The van der Waals surface area contributed by atoms with Gasteiger partial charge in [-0.05, 0) is 31.5 Å². The quantitative estimate of drug-likeness (QED) is 0.779. The van der Waals surface area contributed by atoms with Crippen LogP contribution in [0, 0.1) is 17.6 Å². The van der Waals surface area contributed by atoms with Crippen molar-refractivity contribution in [3.63, 3.8) is 0 Å². The lowest BCUT2D eigenvalue weighted by Gasteiger charge is -2.24. The minimum atomic E-state index is -0.577. The fourth-order valence-electron chi connectivity index (χ4n) is 2.14. The van der Waals surface area contributed by atoms with Crippen LogP contribution in [0.3, 0.4) is 0 Å². The van der Waals surface area contributed by atoms with Crippen molar-refractivity contribution >= 4 is 11.6 Å². The van der Waals surface area contributed by atoms with Crippen LogP contribution in [0.1, 0.15) is 38.3 Å². The molecule has 0 aliphatic heterocycles. The van der Waals surface area contributed by atoms with Gasteiger partial charge in [-0.3, -0.25) is 0 Å². The average molecular weight is 262 g/mol. The van der Waals surface area contributed by atoms with Crippen molar-refractivity contribution in [3.05, 3.63) is 34.4 Å². The summed E-state index contributed by atoms with van der Waals surface area (Å²) in [6, 6.07) is 2.03. The zero-order valence-corrected chi connectivity index (χ0v) is 11.1. The van der Waals surface area contributed by atoms with Gasteiger partial charge in [0.15, 0.2) is 0 Å². The second-order valence-electron chi connectivity index (χ2n) is 4.32. The monoisotopic (exact) mass is 261 g/mol. The molecule has 17 heavy (non-hydrogen) atoms. The van der Waals surface area contributed by atoms with Gasteiger partial charge in [-0.1, -0.05) is 31.9 Å². The van der Waals surface area contributed by atoms with Crippen LogP contribution in [0.4, 0.5) is 8.78 Å². The van der Waals surface area contributed by atoms with Crippen molar-refractivity contribution in [2.24, 2.45) is 5.92 Å². The van der Waals surface area contributed by atoms with Crippen molar-refractivity contribution in [2.75, 3.05) is 7.05 Å². The van der Waals surface area contributed by atoms with Gasteiger partial charge in [0.1, 0.15) is 11.6 Å². The molecule has 96 valence electrons. The van der Waals surface area contributed by atoms with Gasteiger partial charge >= 0.3 is 0 Å². The molecule has 0 spiro atoms. The number of benzene rings is 1. The molecular formula is C13H18ClF2N. The number of hydrogen-bond donors (Lipinski definition) is 1. The van der Waals surface area contributed by atoms with E-state index in [4.69, 9.17) is 11.6 Å². The zero-order chi connectivity index (χ0) is 13.0. The summed E-state index contributed by atoms with van der Waals surface area (Å²) in [5, 5.41) is 2.86. The molecule has 1 nitrogen and oxygen atoms in total. The highest BCUT2D eigenvalue weighted by molar-refractivity contribution is 6.30. The van der Waals surface area contributed by atoms with Crippen LogP contribution in [-0.2, 0) is 0 Å². The van der Waals surface area contributed by atoms with Gasteiger partial charge in [0.05, 0.1) is 5.02 Å². The highest BCUT2D eigenvalue weighted by Crippen LogP contribution is 2.30. The van der Waals surface area contributed by atoms with Crippen molar-refractivity contribution in [2.45, 2.75) is 32.7 Å². The summed E-state index contributed by atoms with van der Waals surface area (Å²) in [6.07, 6.45) is 1.96. The Kier molecular flexibility index (Phi) is 5.34. The summed E-state index contributed by atoms with van der Waals surface area (Å²) >= 11 is 5.54. The van der Waals surface area contributed by atoms with Gasteiger partial charge in [-0.2, -0.15) is 0 Å². The molecule has 0 aliphatic carbocycles. The molecule has 4 heteroatoms. The van der Waals surface area contributed by atoms with Gasteiger partial charge in [0.25, 0.3) is 0 Å². The molecule has 0 aromatic heterocycles. The molecule has 0 radical (unpaired) electrons. The lowest BCUT2D eigenvalue weighted by Crippen LogP contribution is -2.24. The molecule has 1 rings (SSSR count). The fourth-order valence-corrected chi connectivity index (χ4v) is 2.30. The Balaban J connectivity index is 3.07. The molecule has 2 atom stereocenters. The molecule has 1 N–H and O–H groups in total. The molecule has 1 aromatic rings. The van der Waals surface area contributed by atoms with E-state index in [2.05, 4.69) is 12.2 Å². The van der Waals surface area contributed by atoms with Gasteiger partial charge < -0.3 is 5.32 Å². The SMILES string of the molecule is CCCC(C)C(NC)c1cc(F)c(Cl)cc1F. The Morgan fingerprint density at radius 2 is 1.94 bits per heavy atom. The van der Waals surface area contributed by atoms with E-state index in [1.807, 2.05) is 6.92 Å². The second-order valence-corrected chi connectivity index (χ2v) is 4.73. The van der Waals surface area contributed by atoms with E-state index in [0.29, 0.717) is 5.56 Å². The van der Waals surface area contributed by atoms with Crippen LogP contribution in [0.2, 0.25) is 5.02 Å². The van der Waals surface area contributed by atoms with E-state index < -0.39 is 11.6 Å². The number of halogens is 3. The maximum Gasteiger partial charge on any atom is 0.142 e. The minimum Gasteiger partial charge on any atom is -0.313 e. The summed E-state index contributed by atoms with van der Waals surface area (Å²) in [5.74, 6) is -0.800. The molecule has 0 fully saturated rings. The van der Waals surface area contributed by atoms with Gasteiger partial charge in [0, 0.05) is 11.6 Å². The van der Waals surface area contributed by atoms with Crippen molar-refractivity contribution in [1.29, 1.82) is 0 Å². The molecule has 0 aliphatic rings. The Bertz CT molecular complexity index is 382. The summed E-state index contributed by atoms with van der Waals surface area (Å²) in [6.45, 7) is 4.10. The first-order valence-corrected chi connectivity index (χ1v) is 6.20. The third kappa shape index (κ3) is 3.39. The van der Waals surface area contributed by atoms with Crippen LogP contribution >= 0.6 is 11.6 Å². The molecule has 0 saturated carbocycles. The molecule has 2 unspecified atom stereocenters. The Labute approximate surface area is 106 Å². The molecule has 1 aromatic carbocycles. The lowest BCUT2D eigenvalue weighted by molar-refractivity contribution is 0.371. The van der Waals surface area contributed by atoms with Crippen molar-refractivity contribution in [3.8, 4) is 0 Å². The van der Waals surface area contributed by atoms with Crippen LogP contribution in [0.25, 0.3) is 0 Å². The molecule has 0 bridgehead atoms. The molecule has 0 amide bonds. The van der Waals surface area contributed by atoms with E-state index in [0.717, 1.165) is 18.9 Å².